The second kappa shape index (κ2) is 5.03. The summed E-state index contributed by atoms with van der Waals surface area (Å²) >= 11 is 0. The molecule has 0 saturated heterocycles. The van der Waals surface area contributed by atoms with Crippen molar-refractivity contribution in [2.45, 2.75) is 58.4 Å². The monoisotopic (exact) mass is 294 g/mol. The topological polar surface area (TPSA) is 49.4 Å². The number of nitrogens with zero attached hydrogens (tertiary/aromatic N) is 1. The van der Waals surface area contributed by atoms with Gasteiger partial charge < -0.3 is 4.74 Å². The molecule has 4 nitrogen and oxygen atoms in total. The number of carbonyl (C=O) groups excluding carboxylic acids is 1. The molecule has 0 atom stereocenters. The maximum Gasteiger partial charge on any atom is 0.336 e. The molecule has 0 aromatic rings. The van der Waals surface area contributed by atoms with Gasteiger partial charge >= 0.3 is 5.97 Å². The number of hydrogen-bond donors (Lipinski definition) is 0. The molecule has 0 unspecified atom stereocenters. The molecule has 0 spiro atoms. The highest BCUT2D eigenvalue weighted by molar-refractivity contribution is 6.83. The molecule has 0 bridgehead atoms. The van der Waals surface area contributed by atoms with E-state index in [1.165, 1.54) is 7.11 Å². The van der Waals surface area contributed by atoms with Gasteiger partial charge in [-0.05, 0) is 27.7 Å². The van der Waals surface area contributed by atoms with E-state index in [-0.39, 0.29) is 0 Å². The second-order valence-corrected chi connectivity index (χ2v) is 11.9. The smallest absolute Gasteiger partial charge is 0.336 e. The van der Waals surface area contributed by atoms with Crippen LogP contribution in [0.25, 0.3) is 0 Å². The van der Waals surface area contributed by atoms with Crippen molar-refractivity contribution in [2.24, 2.45) is 0 Å². The van der Waals surface area contributed by atoms with Crippen molar-refractivity contribution in [3.8, 4) is 11.5 Å². The largest absolute Gasteiger partial charge is 0.466 e. The van der Waals surface area contributed by atoms with Crippen molar-refractivity contribution in [1.82, 2.24) is 5.06 Å². The molecule has 1 heterocycles. The van der Waals surface area contributed by atoms with E-state index in [0.29, 0.717) is 11.1 Å². The molecule has 0 N–H and O–H groups in total. The number of carbonyl (C=O) groups is 1. The third-order valence-electron chi connectivity index (χ3n) is 3.44. The van der Waals surface area contributed by atoms with Crippen molar-refractivity contribution in [1.29, 1.82) is 0 Å². The third kappa shape index (κ3) is 2.83. The fourth-order valence-electron chi connectivity index (χ4n) is 2.43. The van der Waals surface area contributed by atoms with Crippen LogP contribution < -0.4 is 0 Å². The molecule has 0 aliphatic carbocycles. The summed E-state index contributed by atoms with van der Waals surface area (Å²) in [6.07, 6.45) is 0. The number of ether oxygens (including phenoxy) is 1. The molecule has 111 valence electrons. The van der Waals surface area contributed by atoms with E-state index < -0.39 is 25.1 Å². The van der Waals surface area contributed by atoms with Crippen molar-refractivity contribution < 1.29 is 14.7 Å². The van der Waals surface area contributed by atoms with Crippen LogP contribution in [0.5, 0.6) is 0 Å². The van der Waals surface area contributed by atoms with Gasteiger partial charge in [0.2, 0.25) is 0 Å². The van der Waals surface area contributed by atoms with Crippen LogP contribution in [-0.2, 0) is 14.7 Å². The van der Waals surface area contributed by atoms with Crippen molar-refractivity contribution in [3.63, 3.8) is 0 Å². The molecule has 1 aliphatic heterocycles. The summed E-state index contributed by atoms with van der Waals surface area (Å²) in [6.45, 7) is 13.4. The molecule has 1 rings (SSSR count). The van der Waals surface area contributed by atoms with Gasteiger partial charge in [0.1, 0.15) is 8.07 Å². The lowest BCUT2D eigenvalue weighted by atomic mass is 9.91. The Morgan fingerprint density at radius 3 is 2.05 bits per heavy atom. The van der Waals surface area contributed by atoms with E-state index >= 15 is 0 Å². The number of esters is 1. The molecule has 0 amide bonds. The fourth-order valence-corrected chi connectivity index (χ4v) is 2.93. The summed E-state index contributed by atoms with van der Waals surface area (Å²) in [5, 5.41) is 13.5. The molecular formula is C15H24NO3Si. The Morgan fingerprint density at radius 1 is 1.15 bits per heavy atom. The first kappa shape index (κ1) is 17.0. The number of hydrogen-bond acceptors (Lipinski definition) is 3. The molecule has 0 fully saturated rings. The predicted molar refractivity (Wildman–Crippen MR) is 80.8 cm³/mol. The van der Waals surface area contributed by atoms with Crippen LogP contribution in [0.2, 0.25) is 19.6 Å². The minimum Gasteiger partial charge on any atom is -0.466 e. The van der Waals surface area contributed by atoms with Crippen LogP contribution in [0.3, 0.4) is 0 Å². The summed E-state index contributed by atoms with van der Waals surface area (Å²) in [4.78, 5) is 12.1. The normalized spacial score (nSPS) is 21.4. The Labute approximate surface area is 122 Å². The molecule has 1 aliphatic rings. The van der Waals surface area contributed by atoms with Crippen LogP contribution in [0, 0.1) is 11.5 Å². The Kier molecular flexibility index (Phi) is 4.26. The van der Waals surface area contributed by atoms with Crippen LogP contribution >= 0.6 is 0 Å². The first-order valence-corrected chi connectivity index (χ1v) is 10.2. The van der Waals surface area contributed by atoms with E-state index in [4.69, 9.17) is 4.74 Å². The van der Waals surface area contributed by atoms with Crippen LogP contribution in [0.1, 0.15) is 27.7 Å². The summed E-state index contributed by atoms with van der Waals surface area (Å²) in [5.41, 5.74) is 2.46. The zero-order chi connectivity index (χ0) is 15.9. The summed E-state index contributed by atoms with van der Waals surface area (Å²) in [6, 6.07) is 0. The molecule has 0 saturated carbocycles. The Hall–Kier alpha value is -1.09. The maximum atomic E-state index is 12.5. The maximum absolute atomic E-state index is 12.5. The van der Waals surface area contributed by atoms with E-state index in [1.807, 2.05) is 0 Å². The molecule has 1 radical (unpaired) electrons. The van der Waals surface area contributed by atoms with Gasteiger partial charge in [0.05, 0.1) is 23.8 Å². The van der Waals surface area contributed by atoms with E-state index in [2.05, 4.69) is 31.1 Å². The average molecular weight is 294 g/mol. The van der Waals surface area contributed by atoms with Gasteiger partial charge in [-0.25, -0.2) is 4.79 Å². The summed E-state index contributed by atoms with van der Waals surface area (Å²) in [5.74, 6) is 2.64. The number of rotatable bonds is 1. The minimum absolute atomic E-state index is 0.380. The summed E-state index contributed by atoms with van der Waals surface area (Å²) in [7, 11) is -0.269. The van der Waals surface area contributed by atoms with Gasteiger partial charge in [-0.15, -0.1) is 15.8 Å². The minimum atomic E-state index is -1.60. The standard InChI is InChI=1S/C15H24NO3Si/c1-14(2)11(9-10-20(6,7)8)12(13(17)19-5)15(3,4)16(14)18/h1-8H3. The highest BCUT2D eigenvalue weighted by atomic mass is 28.3. The average Bonchev–Trinajstić information content (AvgIpc) is 2.42. The number of methoxy groups -OCH3 is 1. The molecule has 5 heteroatoms. The molecule has 0 aromatic carbocycles. The summed E-state index contributed by atoms with van der Waals surface area (Å²) < 4.78 is 4.85. The van der Waals surface area contributed by atoms with Gasteiger partial charge in [0, 0.05) is 5.57 Å². The van der Waals surface area contributed by atoms with E-state index in [9.17, 15) is 10.0 Å². The van der Waals surface area contributed by atoms with Crippen LogP contribution in [0.4, 0.5) is 0 Å². The zero-order valence-electron chi connectivity index (χ0n) is 13.7. The first-order valence-electron chi connectivity index (χ1n) is 6.70. The quantitative estimate of drug-likeness (QED) is 0.424. The van der Waals surface area contributed by atoms with Gasteiger partial charge in [-0.2, -0.15) is 0 Å². The van der Waals surface area contributed by atoms with Gasteiger partial charge in [0.25, 0.3) is 0 Å². The highest BCUT2D eigenvalue weighted by Gasteiger charge is 2.54. The lowest BCUT2D eigenvalue weighted by molar-refractivity contribution is -0.240. The van der Waals surface area contributed by atoms with E-state index in [1.54, 1.807) is 27.7 Å². The van der Waals surface area contributed by atoms with Crippen molar-refractivity contribution >= 4 is 14.0 Å². The number of hydroxylamine groups is 2. The molecule has 0 aromatic heterocycles. The van der Waals surface area contributed by atoms with Crippen LogP contribution in [-0.4, -0.2) is 37.3 Å². The first-order chi connectivity index (χ1) is 8.85. The van der Waals surface area contributed by atoms with Crippen LogP contribution in [0.15, 0.2) is 11.1 Å². The predicted octanol–water partition coefficient (Wildman–Crippen LogP) is 2.56. The third-order valence-corrected chi connectivity index (χ3v) is 4.32. The van der Waals surface area contributed by atoms with Gasteiger partial charge in [-0.1, -0.05) is 25.6 Å². The lowest BCUT2D eigenvalue weighted by Gasteiger charge is -2.33. The van der Waals surface area contributed by atoms with Crippen molar-refractivity contribution in [3.05, 3.63) is 11.1 Å². The Morgan fingerprint density at radius 2 is 1.65 bits per heavy atom. The molecule has 20 heavy (non-hydrogen) atoms. The van der Waals surface area contributed by atoms with Gasteiger partial charge in [0.15, 0.2) is 0 Å². The Balaban J connectivity index is 3.56. The van der Waals surface area contributed by atoms with Gasteiger partial charge in [-0.3, -0.25) is 0 Å². The molecular weight excluding hydrogens is 270 g/mol. The SMILES string of the molecule is COC(=O)C1=C(C#C[Si](C)(C)C)C(C)(C)N([O])C1(C)C. The zero-order valence-corrected chi connectivity index (χ0v) is 14.7. The lowest BCUT2D eigenvalue weighted by Crippen LogP contribution is -2.48. The Bertz CT molecular complexity index is 515. The van der Waals surface area contributed by atoms with Crippen molar-refractivity contribution in [2.75, 3.05) is 7.11 Å². The fraction of sp³-hybridized carbons (Fsp3) is 0.667. The second-order valence-electron chi connectivity index (χ2n) is 7.15. The highest BCUT2D eigenvalue weighted by Crippen LogP contribution is 2.44. The van der Waals surface area contributed by atoms with E-state index in [0.717, 1.165) is 5.06 Å².